The van der Waals surface area contributed by atoms with E-state index in [0.29, 0.717) is 35.9 Å². The van der Waals surface area contributed by atoms with Crippen molar-refractivity contribution in [2.75, 3.05) is 45.7 Å². The molecular formula is C27H32ClN5O4S. The number of sulfone groups is 1. The van der Waals surface area contributed by atoms with Crippen molar-refractivity contribution in [3.63, 3.8) is 0 Å². The van der Waals surface area contributed by atoms with Gasteiger partial charge in [-0.3, -0.25) is 4.79 Å². The molecular weight excluding hydrogens is 526 g/mol. The molecule has 0 unspecified atom stereocenters. The van der Waals surface area contributed by atoms with Gasteiger partial charge in [0.1, 0.15) is 16.6 Å². The predicted molar refractivity (Wildman–Crippen MR) is 148 cm³/mol. The third-order valence-corrected chi connectivity index (χ3v) is 9.01. The van der Waals surface area contributed by atoms with E-state index >= 15 is 0 Å². The number of benzene rings is 2. The predicted octanol–water partition coefficient (Wildman–Crippen LogP) is 4.04. The second-order valence-corrected chi connectivity index (χ2v) is 12.4. The minimum atomic E-state index is -3.54. The molecule has 4 rings (SSSR count). The number of carbonyl (C=O) groups excluding carboxylic acids is 1. The number of amides is 1. The van der Waals surface area contributed by atoms with Gasteiger partial charge in [0.15, 0.2) is 15.7 Å². The third kappa shape index (κ3) is 6.09. The molecule has 1 N–H and O–H groups in total. The zero-order valence-electron chi connectivity index (χ0n) is 21.9. The number of rotatable bonds is 8. The number of nitrogens with one attached hydrogen (secondary N) is 1. The maximum absolute atomic E-state index is 13.1. The number of anilines is 2. The molecule has 0 spiro atoms. The summed E-state index contributed by atoms with van der Waals surface area (Å²) in [7, 11) is 0.0804. The number of hydrogen-bond donors (Lipinski definition) is 1. The molecule has 202 valence electrons. The van der Waals surface area contributed by atoms with Crippen LogP contribution in [0.2, 0.25) is 5.02 Å². The molecule has 11 heteroatoms. The van der Waals surface area contributed by atoms with Gasteiger partial charge < -0.3 is 19.9 Å². The van der Waals surface area contributed by atoms with E-state index in [1.165, 1.54) is 6.20 Å². The Labute approximate surface area is 228 Å². The van der Waals surface area contributed by atoms with Crippen LogP contribution in [0.25, 0.3) is 0 Å². The Morgan fingerprint density at radius 1 is 1.13 bits per heavy atom. The first-order chi connectivity index (χ1) is 18.1. The van der Waals surface area contributed by atoms with Crippen molar-refractivity contribution >= 4 is 38.9 Å². The lowest BCUT2D eigenvalue weighted by Gasteiger charge is -2.32. The average molecular weight is 558 g/mol. The Morgan fingerprint density at radius 2 is 1.84 bits per heavy atom. The lowest BCUT2D eigenvalue weighted by Crippen LogP contribution is -2.47. The molecule has 38 heavy (non-hydrogen) atoms. The molecule has 1 saturated heterocycles. The van der Waals surface area contributed by atoms with Crippen LogP contribution in [0.1, 0.15) is 35.6 Å². The Morgan fingerprint density at radius 3 is 2.53 bits per heavy atom. The number of methoxy groups -OCH3 is 1. The van der Waals surface area contributed by atoms with Crippen molar-refractivity contribution in [3.8, 4) is 5.75 Å². The number of piperazine rings is 1. The first-order valence-electron chi connectivity index (χ1n) is 12.4. The van der Waals surface area contributed by atoms with Crippen molar-refractivity contribution in [2.45, 2.75) is 30.4 Å². The Bertz CT molecular complexity index is 1420. The highest BCUT2D eigenvalue weighted by molar-refractivity contribution is 7.92. The SMILES string of the molecule is COc1ccc(C(=O)N2CCN(C)CC2)cc1Cc1ncc(Cl)c(Nc2ccccc2S(=O)(=O)C(C)C)n1. The molecule has 3 aromatic rings. The minimum Gasteiger partial charge on any atom is -0.496 e. The molecule has 1 aromatic heterocycles. The molecule has 2 aromatic carbocycles. The summed E-state index contributed by atoms with van der Waals surface area (Å²) in [6, 6.07) is 12.0. The molecule has 1 amide bonds. The van der Waals surface area contributed by atoms with Crippen LogP contribution in [0.3, 0.4) is 0 Å². The van der Waals surface area contributed by atoms with Crippen LogP contribution >= 0.6 is 11.6 Å². The zero-order valence-corrected chi connectivity index (χ0v) is 23.5. The van der Waals surface area contributed by atoms with Crippen LogP contribution in [0, 0.1) is 0 Å². The van der Waals surface area contributed by atoms with Gasteiger partial charge in [-0.05, 0) is 51.2 Å². The molecule has 0 aliphatic carbocycles. The topological polar surface area (TPSA) is 105 Å². The van der Waals surface area contributed by atoms with E-state index in [0.717, 1.165) is 18.7 Å². The van der Waals surface area contributed by atoms with E-state index in [9.17, 15) is 13.2 Å². The van der Waals surface area contributed by atoms with Gasteiger partial charge in [0.2, 0.25) is 0 Å². The third-order valence-electron chi connectivity index (χ3n) is 6.53. The highest BCUT2D eigenvalue weighted by atomic mass is 35.5. The van der Waals surface area contributed by atoms with Gasteiger partial charge in [0, 0.05) is 43.7 Å². The first kappa shape index (κ1) is 27.8. The number of carbonyl (C=O) groups is 1. The maximum Gasteiger partial charge on any atom is 0.253 e. The molecule has 1 aliphatic rings. The molecule has 1 aliphatic heterocycles. The molecule has 9 nitrogen and oxygen atoms in total. The molecule has 0 bridgehead atoms. The van der Waals surface area contributed by atoms with Gasteiger partial charge in [-0.25, -0.2) is 18.4 Å². The van der Waals surface area contributed by atoms with Gasteiger partial charge >= 0.3 is 0 Å². The second-order valence-electron chi connectivity index (χ2n) is 9.50. The van der Waals surface area contributed by atoms with Crippen LogP contribution < -0.4 is 10.1 Å². The smallest absolute Gasteiger partial charge is 0.253 e. The van der Waals surface area contributed by atoms with Gasteiger partial charge in [-0.2, -0.15) is 0 Å². The zero-order chi connectivity index (χ0) is 27.4. The first-order valence-corrected chi connectivity index (χ1v) is 14.3. The maximum atomic E-state index is 13.1. The van der Waals surface area contributed by atoms with E-state index in [1.54, 1.807) is 57.4 Å². The van der Waals surface area contributed by atoms with Crippen molar-refractivity contribution in [2.24, 2.45) is 0 Å². The van der Waals surface area contributed by atoms with E-state index in [4.69, 9.17) is 16.3 Å². The van der Waals surface area contributed by atoms with Gasteiger partial charge in [0.25, 0.3) is 5.91 Å². The number of para-hydroxylation sites is 1. The summed E-state index contributed by atoms with van der Waals surface area (Å²) in [5, 5.41) is 2.73. The highest BCUT2D eigenvalue weighted by Gasteiger charge is 2.24. The lowest BCUT2D eigenvalue weighted by atomic mass is 10.0. The van der Waals surface area contributed by atoms with Crippen molar-refractivity contribution in [1.82, 2.24) is 19.8 Å². The van der Waals surface area contributed by atoms with E-state index in [1.807, 2.05) is 18.0 Å². The molecule has 2 heterocycles. The number of ether oxygens (including phenoxy) is 1. The summed E-state index contributed by atoms with van der Waals surface area (Å²) in [5.41, 5.74) is 1.71. The van der Waals surface area contributed by atoms with Crippen LogP contribution in [-0.2, 0) is 16.3 Å². The quantitative estimate of drug-likeness (QED) is 0.442. The molecule has 0 radical (unpaired) electrons. The summed E-state index contributed by atoms with van der Waals surface area (Å²) in [6.45, 7) is 6.31. The summed E-state index contributed by atoms with van der Waals surface area (Å²) in [4.78, 5) is 26.3. The van der Waals surface area contributed by atoms with E-state index < -0.39 is 15.1 Å². The Kier molecular flexibility index (Phi) is 8.54. The fraction of sp³-hybridized carbons (Fsp3) is 0.370. The number of likely N-dealkylation sites (N-methyl/N-ethyl adjacent to an activating group) is 1. The van der Waals surface area contributed by atoms with E-state index in [2.05, 4.69) is 20.2 Å². The van der Waals surface area contributed by atoms with Crippen LogP contribution in [0.5, 0.6) is 5.75 Å². The number of nitrogens with zero attached hydrogens (tertiary/aromatic N) is 4. The van der Waals surface area contributed by atoms with Gasteiger partial charge in [-0.15, -0.1) is 0 Å². The largest absolute Gasteiger partial charge is 0.496 e. The van der Waals surface area contributed by atoms with Crippen LogP contribution in [-0.4, -0.2) is 79.7 Å². The fourth-order valence-electron chi connectivity index (χ4n) is 4.19. The fourth-order valence-corrected chi connectivity index (χ4v) is 5.53. The van der Waals surface area contributed by atoms with Crippen LogP contribution in [0.4, 0.5) is 11.5 Å². The van der Waals surface area contributed by atoms with Gasteiger partial charge in [-0.1, -0.05) is 23.7 Å². The number of hydrogen-bond acceptors (Lipinski definition) is 8. The van der Waals surface area contributed by atoms with Crippen LogP contribution in [0.15, 0.2) is 53.6 Å². The summed E-state index contributed by atoms with van der Waals surface area (Å²) < 4.78 is 31.3. The normalized spacial score (nSPS) is 14.5. The average Bonchev–Trinajstić information content (AvgIpc) is 2.90. The van der Waals surface area contributed by atoms with Crippen molar-refractivity contribution < 1.29 is 17.9 Å². The standard InChI is InChI=1S/C27H32ClN5O4S/c1-18(2)38(35,36)24-8-6-5-7-22(24)30-26-21(28)17-29-25(31-26)16-20-15-19(9-10-23(20)37-4)27(34)33-13-11-32(3)12-14-33/h5-10,15,17-18H,11-14,16H2,1-4H3,(H,29,30,31). The summed E-state index contributed by atoms with van der Waals surface area (Å²) >= 11 is 6.38. The highest BCUT2D eigenvalue weighted by Crippen LogP contribution is 2.30. The van der Waals surface area contributed by atoms with Crippen molar-refractivity contribution in [1.29, 1.82) is 0 Å². The summed E-state index contributed by atoms with van der Waals surface area (Å²) in [5.74, 6) is 1.31. The van der Waals surface area contributed by atoms with Gasteiger partial charge in [0.05, 0.1) is 29.1 Å². The second kappa shape index (κ2) is 11.7. The van der Waals surface area contributed by atoms with Crippen molar-refractivity contribution in [3.05, 3.63) is 70.6 Å². The number of aromatic nitrogens is 2. The Hall–Kier alpha value is -3.21. The molecule has 0 saturated carbocycles. The molecule has 0 atom stereocenters. The monoisotopic (exact) mass is 557 g/mol. The Balaban J connectivity index is 1.61. The molecule has 1 fully saturated rings. The number of halogens is 1. The summed E-state index contributed by atoms with van der Waals surface area (Å²) in [6.07, 6.45) is 1.75. The minimum absolute atomic E-state index is 0.0237. The van der Waals surface area contributed by atoms with E-state index in [-0.39, 0.29) is 28.1 Å². The lowest BCUT2D eigenvalue weighted by molar-refractivity contribution is 0.0664.